The summed E-state index contributed by atoms with van der Waals surface area (Å²) in [6.07, 6.45) is 3.12. The van der Waals surface area contributed by atoms with Crippen molar-refractivity contribution in [3.8, 4) is 0 Å². The maximum Gasteiger partial charge on any atom is 0.206 e. The average Bonchev–Trinajstić information content (AvgIpc) is 2.10. The highest BCUT2D eigenvalue weighted by Gasteiger charge is 2.14. The van der Waals surface area contributed by atoms with Crippen molar-refractivity contribution in [2.24, 2.45) is 0 Å². The highest BCUT2D eigenvalue weighted by Crippen LogP contribution is 2.17. The van der Waals surface area contributed by atoms with Gasteiger partial charge in [0.05, 0.1) is 5.25 Å². The molecule has 0 aliphatic carbocycles. The highest BCUT2D eigenvalue weighted by molar-refractivity contribution is 8.19. The van der Waals surface area contributed by atoms with E-state index < -0.39 is 5.25 Å². The monoisotopic (exact) mass is 202 g/mol. The van der Waals surface area contributed by atoms with Gasteiger partial charge in [0.1, 0.15) is 0 Å². The van der Waals surface area contributed by atoms with E-state index in [0.29, 0.717) is 11.4 Å². The Morgan fingerprint density at radius 2 is 2.17 bits per heavy atom. The van der Waals surface area contributed by atoms with Gasteiger partial charge in [0.15, 0.2) is 5.62 Å². The minimum atomic E-state index is -0.424. The van der Waals surface area contributed by atoms with Gasteiger partial charge in [0, 0.05) is 5.75 Å². The van der Waals surface area contributed by atoms with Gasteiger partial charge < -0.3 is 0 Å². The second-order valence-corrected chi connectivity index (χ2v) is 3.80. The van der Waals surface area contributed by atoms with E-state index in [0.717, 1.165) is 23.5 Å². The van der Waals surface area contributed by atoms with Gasteiger partial charge in [-0.3, -0.25) is 9.59 Å². The molecule has 0 bridgehead atoms. The van der Waals surface area contributed by atoms with Crippen LogP contribution in [0.15, 0.2) is 25.3 Å². The Bertz CT molecular complexity index is 189. The number of rotatable bonds is 6. The van der Waals surface area contributed by atoms with Crippen LogP contribution in [0.5, 0.6) is 0 Å². The van der Waals surface area contributed by atoms with E-state index in [-0.39, 0.29) is 5.12 Å². The van der Waals surface area contributed by atoms with Crippen LogP contribution < -0.4 is 0 Å². The number of hydrogen-bond acceptors (Lipinski definition) is 4. The molecule has 0 aromatic carbocycles. The van der Waals surface area contributed by atoms with E-state index in [2.05, 4.69) is 13.2 Å². The third kappa shape index (κ3) is 4.41. The number of thioether (sulfide) groups is 2. The van der Waals surface area contributed by atoms with E-state index in [1.165, 1.54) is 6.08 Å². The fourth-order valence-electron chi connectivity index (χ4n) is 0.490. The van der Waals surface area contributed by atoms with E-state index in [4.69, 9.17) is 0 Å². The molecule has 0 radical (unpaired) electrons. The van der Waals surface area contributed by atoms with Crippen LogP contribution >= 0.6 is 23.5 Å². The summed E-state index contributed by atoms with van der Waals surface area (Å²) in [5.74, 6) is 0.572. The minimum absolute atomic E-state index is 0.0537. The molecule has 0 saturated heterocycles. The minimum Gasteiger partial charge on any atom is -0.291 e. The summed E-state index contributed by atoms with van der Waals surface area (Å²) >= 11 is 2.07. The first-order valence-corrected chi connectivity index (χ1v) is 5.18. The number of carbonyl (C=O) groups excluding carboxylic acids is 2. The molecule has 0 rings (SSSR count). The zero-order valence-electron chi connectivity index (χ0n) is 6.56. The van der Waals surface area contributed by atoms with E-state index in [1.807, 2.05) is 0 Å². The van der Waals surface area contributed by atoms with Crippen molar-refractivity contribution in [1.82, 2.24) is 0 Å². The van der Waals surface area contributed by atoms with Crippen molar-refractivity contribution in [2.45, 2.75) is 5.25 Å². The molecule has 0 saturated carbocycles. The molecule has 66 valence electrons. The largest absolute Gasteiger partial charge is 0.291 e. The molecule has 0 fully saturated rings. The molecule has 0 aromatic heterocycles. The smallest absolute Gasteiger partial charge is 0.206 e. The van der Waals surface area contributed by atoms with Crippen LogP contribution in [0.4, 0.5) is 0 Å². The van der Waals surface area contributed by atoms with Crippen LogP contribution in [0, 0.1) is 0 Å². The lowest BCUT2D eigenvalue weighted by atomic mass is 10.5. The molecule has 1 unspecified atom stereocenters. The molecule has 2 nitrogen and oxygen atoms in total. The third-order valence-corrected chi connectivity index (χ3v) is 2.89. The summed E-state index contributed by atoms with van der Waals surface area (Å²) < 4.78 is 0. The standard InChI is InChI=1S/C8H10O2S2/c1-3-5-11-8(10)7(4-2)12-6-9/h3-4,6-7H,1-2,5H2. The Kier molecular flexibility index (Phi) is 6.90. The molecule has 4 heteroatoms. The molecule has 0 aliphatic rings. The summed E-state index contributed by atoms with van der Waals surface area (Å²) in [5.41, 5.74) is 0.652. The summed E-state index contributed by atoms with van der Waals surface area (Å²) in [6, 6.07) is 0. The van der Waals surface area contributed by atoms with Gasteiger partial charge in [-0.1, -0.05) is 35.7 Å². The van der Waals surface area contributed by atoms with Gasteiger partial charge >= 0.3 is 0 Å². The molecule has 0 spiro atoms. The summed E-state index contributed by atoms with van der Waals surface area (Å²) in [7, 11) is 0. The lowest BCUT2D eigenvalue weighted by molar-refractivity contribution is -0.109. The maximum atomic E-state index is 11.2. The van der Waals surface area contributed by atoms with Crippen molar-refractivity contribution in [2.75, 3.05) is 5.75 Å². The van der Waals surface area contributed by atoms with Crippen LogP contribution in [0.3, 0.4) is 0 Å². The predicted molar refractivity (Wildman–Crippen MR) is 56.0 cm³/mol. The summed E-state index contributed by atoms with van der Waals surface area (Å²) in [5, 5.41) is -0.477. The molecule has 0 aliphatic heterocycles. The molecule has 0 heterocycles. The third-order valence-electron chi connectivity index (χ3n) is 0.992. The van der Waals surface area contributed by atoms with E-state index >= 15 is 0 Å². The lowest BCUT2D eigenvalue weighted by Crippen LogP contribution is -2.10. The molecule has 12 heavy (non-hydrogen) atoms. The fraction of sp³-hybridized carbons (Fsp3) is 0.250. The average molecular weight is 202 g/mol. The van der Waals surface area contributed by atoms with Gasteiger partial charge in [-0.15, -0.1) is 13.2 Å². The Morgan fingerprint density at radius 1 is 1.50 bits per heavy atom. The van der Waals surface area contributed by atoms with Crippen LogP contribution in [0.1, 0.15) is 0 Å². The Balaban J connectivity index is 3.92. The molecule has 0 amide bonds. The van der Waals surface area contributed by atoms with Gasteiger partial charge in [0.2, 0.25) is 5.12 Å². The topological polar surface area (TPSA) is 34.1 Å². The second kappa shape index (κ2) is 7.18. The number of hydrogen-bond donors (Lipinski definition) is 0. The van der Waals surface area contributed by atoms with Crippen molar-refractivity contribution < 1.29 is 9.59 Å². The molecule has 1 atom stereocenters. The van der Waals surface area contributed by atoms with Crippen molar-refractivity contribution >= 4 is 34.3 Å². The summed E-state index contributed by atoms with van der Waals surface area (Å²) in [4.78, 5) is 21.3. The Morgan fingerprint density at radius 3 is 2.58 bits per heavy atom. The fourth-order valence-corrected chi connectivity index (χ4v) is 1.75. The predicted octanol–water partition coefficient (Wildman–Crippen LogP) is 1.91. The van der Waals surface area contributed by atoms with Gasteiger partial charge in [-0.05, 0) is 0 Å². The van der Waals surface area contributed by atoms with Crippen LogP contribution in [-0.4, -0.2) is 21.7 Å². The van der Waals surface area contributed by atoms with Crippen molar-refractivity contribution in [1.29, 1.82) is 0 Å². The first-order chi connectivity index (χ1) is 5.76. The Hall–Kier alpha value is -0.480. The van der Waals surface area contributed by atoms with Gasteiger partial charge in [0.25, 0.3) is 0 Å². The normalized spacial score (nSPS) is 11.7. The lowest BCUT2D eigenvalue weighted by Gasteiger charge is -2.03. The molecular weight excluding hydrogens is 192 g/mol. The SMILES string of the molecule is C=CCSC(=O)C(C=C)SC=O. The zero-order valence-corrected chi connectivity index (χ0v) is 8.20. The Labute approximate surface area is 80.5 Å². The zero-order chi connectivity index (χ0) is 9.40. The van der Waals surface area contributed by atoms with E-state index in [1.54, 1.807) is 6.08 Å². The van der Waals surface area contributed by atoms with Gasteiger partial charge in [-0.25, -0.2) is 0 Å². The second-order valence-electron chi connectivity index (χ2n) is 1.81. The van der Waals surface area contributed by atoms with Crippen LogP contribution in [0.25, 0.3) is 0 Å². The molecule has 0 N–H and O–H groups in total. The van der Waals surface area contributed by atoms with Crippen LogP contribution in [0.2, 0.25) is 0 Å². The number of carbonyl (C=O) groups is 2. The molecular formula is C8H10O2S2. The van der Waals surface area contributed by atoms with Gasteiger partial charge in [-0.2, -0.15) is 0 Å². The quantitative estimate of drug-likeness (QED) is 0.487. The maximum absolute atomic E-state index is 11.2. The summed E-state index contributed by atoms with van der Waals surface area (Å²) in [6.45, 7) is 6.96. The van der Waals surface area contributed by atoms with Crippen molar-refractivity contribution in [3.05, 3.63) is 25.3 Å². The highest BCUT2D eigenvalue weighted by atomic mass is 32.2. The van der Waals surface area contributed by atoms with Crippen LogP contribution in [-0.2, 0) is 9.59 Å². The van der Waals surface area contributed by atoms with E-state index in [9.17, 15) is 9.59 Å². The first-order valence-electron chi connectivity index (χ1n) is 3.25. The van der Waals surface area contributed by atoms with Crippen molar-refractivity contribution in [3.63, 3.8) is 0 Å². The molecule has 0 aromatic rings. The first kappa shape index (κ1) is 11.5.